The monoisotopic (exact) mass is 520 g/mol. The topological polar surface area (TPSA) is 80.9 Å². The number of fused-ring (bicyclic) bond motifs is 1. The van der Waals surface area contributed by atoms with Gasteiger partial charge in [0.15, 0.2) is 0 Å². The summed E-state index contributed by atoms with van der Waals surface area (Å²) in [5.41, 5.74) is 14.4. The van der Waals surface area contributed by atoms with E-state index in [4.69, 9.17) is 5.73 Å². The first-order valence-electron chi connectivity index (χ1n) is 13.4. The Hall–Kier alpha value is -4.32. The van der Waals surface area contributed by atoms with Crippen molar-refractivity contribution in [3.63, 3.8) is 0 Å². The second-order valence-electron chi connectivity index (χ2n) is 10.3. The van der Waals surface area contributed by atoms with Crippen molar-refractivity contribution in [1.82, 2.24) is 9.97 Å². The highest BCUT2D eigenvalue weighted by atomic mass is 19.1. The van der Waals surface area contributed by atoms with E-state index in [0.717, 1.165) is 47.1 Å². The van der Waals surface area contributed by atoms with Crippen LogP contribution in [0.5, 0.6) is 0 Å². The number of anilines is 2. The van der Waals surface area contributed by atoms with Crippen molar-refractivity contribution in [3.05, 3.63) is 102 Å². The fraction of sp³-hybridized carbons (Fsp3) is 0.242. The lowest BCUT2D eigenvalue weighted by Crippen LogP contribution is -2.20. The van der Waals surface area contributed by atoms with Gasteiger partial charge in [-0.25, -0.2) is 4.39 Å². The molecule has 0 bridgehead atoms. The predicted molar refractivity (Wildman–Crippen MR) is 156 cm³/mol. The third-order valence-electron chi connectivity index (χ3n) is 7.81. The molecule has 4 aromatic rings. The van der Waals surface area contributed by atoms with Crippen LogP contribution < -0.4 is 11.1 Å². The average Bonchev–Trinajstić information content (AvgIpc) is 2.94. The third-order valence-corrected chi connectivity index (χ3v) is 7.81. The van der Waals surface area contributed by atoms with Crippen molar-refractivity contribution in [3.8, 4) is 22.4 Å². The van der Waals surface area contributed by atoms with E-state index in [2.05, 4.69) is 54.3 Å². The van der Waals surface area contributed by atoms with Crippen molar-refractivity contribution in [2.24, 2.45) is 5.92 Å². The van der Waals surface area contributed by atoms with Crippen LogP contribution in [0.15, 0.2) is 84.8 Å². The standard InChI is InChI=1S/C33H33FN4O/c1-4-22-9-8-20(2)21(3)29-12-10-23(25-15-27(35)18-36-17-25)16-30(29)32(22)33(39)38-28-11-13-31(37-19-28)24-6-5-7-26(34)14-24/h5-7,10-21H,4,8-9,35H2,1-3H3,(H,38,39). The van der Waals surface area contributed by atoms with Gasteiger partial charge < -0.3 is 11.1 Å². The molecule has 0 saturated heterocycles. The van der Waals surface area contributed by atoms with E-state index in [1.807, 2.05) is 12.1 Å². The number of carbonyl (C=O) groups is 1. The summed E-state index contributed by atoms with van der Waals surface area (Å²) >= 11 is 0. The lowest BCUT2D eigenvalue weighted by molar-refractivity contribution is -0.111. The van der Waals surface area contributed by atoms with Gasteiger partial charge in [0.2, 0.25) is 0 Å². The second kappa shape index (κ2) is 11.2. The number of nitrogens with two attached hydrogens (primary N) is 1. The number of benzene rings is 2. The van der Waals surface area contributed by atoms with Crippen LogP contribution in [0.2, 0.25) is 0 Å². The molecule has 2 atom stereocenters. The van der Waals surface area contributed by atoms with Crippen molar-refractivity contribution in [1.29, 1.82) is 0 Å². The van der Waals surface area contributed by atoms with Crippen LogP contribution in [0.4, 0.5) is 15.8 Å². The first kappa shape index (κ1) is 26.3. The Morgan fingerprint density at radius 3 is 2.56 bits per heavy atom. The summed E-state index contributed by atoms with van der Waals surface area (Å²) in [6.45, 7) is 6.64. The summed E-state index contributed by atoms with van der Waals surface area (Å²) in [4.78, 5) is 22.7. The molecular weight excluding hydrogens is 487 g/mol. The number of hydrogen-bond acceptors (Lipinski definition) is 4. The summed E-state index contributed by atoms with van der Waals surface area (Å²) < 4.78 is 13.7. The van der Waals surface area contributed by atoms with Crippen LogP contribution in [-0.2, 0) is 4.79 Å². The number of nitrogens with one attached hydrogen (secondary N) is 1. The lowest BCUT2D eigenvalue weighted by Gasteiger charge is -2.29. The Morgan fingerprint density at radius 1 is 1.00 bits per heavy atom. The SMILES string of the molecule is CCC1=C(C(=O)Nc2ccc(-c3cccc(F)c3)nc2)c2cc(-c3cncc(N)c3)ccc2C(C)C(C)CC1. The Morgan fingerprint density at radius 2 is 1.85 bits per heavy atom. The fourth-order valence-electron chi connectivity index (χ4n) is 5.36. The van der Waals surface area contributed by atoms with E-state index in [1.165, 1.54) is 17.7 Å². The van der Waals surface area contributed by atoms with Crippen LogP contribution in [0.1, 0.15) is 57.1 Å². The van der Waals surface area contributed by atoms with Gasteiger partial charge in [-0.15, -0.1) is 0 Å². The third kappa shape index (κ3) is 5.60. The molecule has 5 nitrogen and oxygen atoms in total. The number of hydrogen-bond donors (Lipinski definition) is 2. The maximum absolute atomic E-state index is 14.0. The van der Waals surface area contributed by atoms with E-state index in [-0.39, 0.29) is 11.7 Å². The number of aromatic nitrogens is 2. The Labute approximate surface area is 229 Å². The van der Waals surface area contributed by atoms with Crippen molar-refractivity contribution >= 4 is 22.9 Å². The number of rotatable bonds is 5. The molecule has 3 N–H and O–H groups in total. The first-order valence-corrected chi connectivity index (χ1v) is 13.4. The van der Waals surface area contributed by atoms with Gasteiger partial charge in [-0.1, -0.05) is 50.6 Å². The molecule has 1 aliphatic rings. The number of pyridine rings is 2. The summed E-state index contributed by atoms with van der Waals surface area (Å²) in [7, 11) is 0. The van der Waals surface area contributed by atoms with E-state index in [0.29, 0.717) is 34.5 Å². The maximum atomic E-state index is 14.0. The second-order valence-corrected chi connectivity index (χ2v) is 10.3. The van der Waals surface area contributed by atoms with Gasteiger partial charge in [0.25, 0.3) is 5.91 Å². The Bertz CT molecular complexity index is 1540. The van der Waals surface area contributed by atoms with Gasteiger partial charge in [-0.2, -0.15) is 0 Å². The summed E-state index contributed by atoms with van der Waals surface area (Å²) in [5.74, 6) is 0.305. The summed E-state index contributed by atoms with van der Waals surface area (Å²) in [5, 5.41) is 3.08. The van der Waals surface area contributed by atoms with Gasteiger partial charge in [0.1, 0.15) is 5.82 Å². The quantitative estimate of drug-likeness (QED) is 0.281. The number of nitrogens with zero attached hydrogens (tertiary/aromatic N) is 2. The lowest BCUT2D eigenvalue weighted by atomic mass is 9.76. The van der Waals surface area contributed by atoms with Crippen LogP contribution in [-0.4, -0.2) is 15.9 Å². The molecule has 198 valence electrons. The zero-order valence-corrected chi connectivity index (χ0v) is 22.5. The van der Waals surface area contributed by atoms with Gasteiger partial charge in [0.05, 0.1) is 23.3 Å². The molecule has 2 heterocycles. The zero-order valence-electron chi connectivity index (χ0n) is 22.5. The number of carbonyl (C=O) groups excluding carboxylic acids is 1. The molecule has 39 heavy (non-hydrogen) atoms. The molecule has 6 heteroatoms. The van der Waals surface area contributed by atoms with Crippen molar-refractivity contribution in [2.75, 3.05) is 11.1 Å². The fourth-order valence-corrected chi connectivity index (χ4v) is 5.36. The minimum atomic E-state index is -0.314. The Balaban J connectivity index is 1.54. The van der Waals surface area contributed by atoms with E-state index >= 15 is 0 Å². The van der Waals surface area contributed by atoms with E-state index < -0.39 is 0 Å². The largest absolute Gasteiger partial charge is 0.397 e. The van der Waals surface area contributed by atoms with Gasteiger partial charge in [-0.3, -0.25) is 14.8 Å². The molecule has 2 aromatic heterocycles. The molecule has 0 fully saturated rings. The smallest absolute Gasteiger partial charge is 0.256 e. The normalized spacial score (nSPS) is 17.2. The minimum absolute atomic E-state index is 0.155. The predicted octanol–water partition coefficient (Wildman–Crippen LogP) is 7.87. The van der Waals surface area contributed by atoms with Gasteiger partial charge in [-0.05, 0) is 84.2 Å². The van der Waals surface area contributed by atoms with Crippen LogP contribution in [0.3, 0.4) is 0 Å². The first-order chi connectivity index (χ1) is 18.8. The highest BCUT2D eigenvalue weighted by Crippen LogP contribution is 2.41. The minimum Gasteiger partial charge on any atom is -0.397 e. The number of halogens is 1. The van der Waals surface area contributed by atoms with E-state index in [1.54, 1.807) is 36.8 Å². The molecule has 0 spiro atoms. The van der Waals surface area contributed by atoms with E-state index in [9.17, 15) is 9.18 Å². The molecular formula is C33H33FN4O. The molecule has 2 aromatic carbocycles. The molecule has 5 rings (SSSR count). The molecule has 0 saturated carbocycles. The molecule has 0 aliphatic heterocycles. The molecule has 0 radical (unpaired) electrons. The van der Waals surface area contributed by atoms with Gasteiger partial charge in [0, 0.05) is 29.1 Å². The number of nitrogen functional groups attached to an aromatic ring is 1. The molecule has 1 aliphatic carbocycles. The Kier molecular flexibility index (Phi) is 7.55. The van der Waals surface area contributed by atoms with Crippen molar-refractivity contribution < 1.29 is 9.18 Å². The van der Waals surface area contributed by atoms with Crippen LogP contribution in [0, 0.1) is 11.7 Å². The summed E-state index contributed by atoms with van der Waals surface area (Å²) in [6, 6.07) is 18.2. The number of amides is 1. The zero-order chi connectivity index (χ0) is 27.5. The average molecular weight is 521 g/mol. The highest BCUT2D eigenvalue weighted by Gasteiger charge is 2.28. The number of allylic oxidation sites excluding steroid dienone is 1. The molecule has 2 unspecified atom stereocenters. The van der Waals surface area contributed by atoms with Gasteiger partial charge >= 0.3 is 0 Å². The summed E-state index contributed by atoms with van der Waals surface area (Å²) in [6.07, 6.45) is 7.71. The van der Waals surface area contributed by atoms with Crippen LogP contribution in [0.25, 0.3) is 28.0 Å². The van der Waals surface area contributed by atoms with Crippen molar-refractivity contribution in [2.45, 2.75) is 46.0 Å². The highest BCUT2D eigenvalue weighted by molar-refractivity contribution is 6.26. The molecule has 1 amide bonds. The maximum Gasteiger partial charge on any atom is 0.256 e. The van der Waals surface area contributed by atoms with Crippen LogP contribution >= 0.6 is 0 Å².